The Bertz CT molecular complexity index is 542. The number of hydrogen-bond donors (Lipinski definition) is 2. The quantitative estimate of drug-likeness (QED) is 0.553. The summed E-state index contributed by atoms with van der Waals surface area (Å²) < 4.78 is 27.5. The van der Waals surface area contributed by atoms with Crippen LogP contribution >= 0.6 is 0 Å². The standard InChI is InChI=1S/C9H10F2N4O5/c1-5(16)6(17)13-7(18)9(10,11)4-14-3-2-12-8(14)15(19)20/h2-3,5,16H,4H2,1H3,(H,13,17,18). The molecule has 2 N–H and O–H groups in total. The Morgan fingerprint density at radius 1 is 1.65 bits per heavy atom. The van der Waals surface area contributed by atoms with Crippen molar-refractivity contribution in [3.63, 3.8) is 0 Å². The van der Waals surface area contributed by atoms with Crippen molar-refractivity contribution in [3.05, 3.63) is 22.5 Å². The summed E-state index contributed by atoms with van der Waals surface area (Å²) in [4.78, 5) is 34.9. The van der Waals surface area contributed by atoms with E-state index in [2.05, 4.69) is 4.98 Å². The first-order valence-electron chi connectivity index (χ1n) is 5.22. The van der Waals surface area contributed by atoms with Gasteiger partial charge >= 0.3 is 17.8 Å². The van der Waals surface area contributed by atoms with E-state index >= 15 is 0 Å². The Labute approximate surface area is 110 Å². The van der Waals surface area contributed by atoms with E-state index in [1.165, 1.54) is 5.32 Å². The number of nitro groups is 1. The van der Waals surface area contributed by atoms with Crippen molar-refractivity contribution in [1.29, 1.82) is 0 Å². The molecule has 0 spiro atoms. The van der Waals surface area contributed by atoms with Crippen LogP contribution in [0.15, 0.2) is 12.4 Å². The topological polar surface area (TPSA) is 127 Å². The number of hydrogen-bond acceptors (Lipinski definition) is 6. The molecule has 9 nitrogen and oxygen atoms in total. The molecule has 20 heavy (non-hydrogen) atoms. The van der Waals surface area contributed by atoms with Crippen molar-refractivity contribution in [2.45, 2.75) is 25.5 Å². The molecule has 0 aliphatic heterocycles. The van der Waals surface area contributed by atoms with Crippen LogP contribution in [0.5, 0.6) is 0 Å². The molecule has 11 heteroatoms. The first kappa shape index (κ1) is 15.6. The Kier molecular flexibility index (Phi) is 4.45. The molecule has 0 saturated carbocycles. The van der Waals surface area contributed by atoms with E-state index in [9.17, 15) is 28.5 Å². The number of amides is 2. The highest BCUT2D eigenvalue weighted by Crippen LogP contribution is 2.20. The minimum Gasteiger partial charge on any atom is -0.390 e. The second-order valence-corrected chi connectivity index (χ2v) is 3.81. The van der Waals surface area contributed by atoms with Gasteiger partial charge in [0.1, 0.15) is 25.0 Å². The predicted molar refractivity (Wildman–Crippen MR) is 58.7 cm³/mol. The predicted octanol–water partition coefficient (Wildman–Crippen LogP) is -0.550. The number of nitrogens with one attached hydrogen (secondary N) is 1. The number of halogens is 2. The normalized spacial score (nSPS) is 12.8. The zero-order chi connectivity index (χ0) is 15.5. The first-order chi connectivity index (χ1) is 9.15. The van der Waals surface area contributed by atoms with Gasteiger partial charge in [-0.2, -0.15) is 8.78 Å². The Hall–Kier alpha value is -2.43. The van der Waals surface area contributed by atoms with E-state index < -0.39 is 41.3 Å². The van der Waals surface area contributed by atoms with Crippen molar-refractivity contribution < 1.29 is 28.4 Å². The van der Waals surface area contributed by atoms with E-state index in [1.807, 2.05) is 0 Å². The molecular formula is C9H10F2N4O5. The number of nitrogens with zero attached hydrogens (tertiary/aromatic N) is 3. The van der Waals surface area contributed by atoms with Crippen molar-refractivity contribution in [2.24, 2.45) is 0 Å². The number of alkyl halides is 2. The van der Waals surface area contributed by atoms with Gasteiger partial charge in [-0.25, -0.2) is 4.57 Å². The maximum atomic E-state index is 13.5. The van der Waals surface area contributed by atoms with E-state index in [0.717, 1.165) is 19.3 Å². The molecule has 1 unspecified atom stereocenters. The van der Waals surface area contributed by atoms with Crippen LogP contribution in [0.2, 0.25) is 0 Å². The molecule has 1 heterocycles. The van der Waals surface area contributed by atoms with Crippen molar-refractivity contribution >= 4 is 17.8 Å². The number of carbonyl (C=O) groups excluding carboxylic acids is 2. The molecule has 1 aromatic heterocycles. The summed E-state index contributed by atoms with van der Waals surface area (Å²) in [5.74, 6) is -8.21. The van der Waals surface area contributed by atoms with Gasteiger partial charge < -0.3 is 15.2 Å². The SMILES string of the molecule is CC(O)C(=O)NC(=O)C(F)(F)Cn1ccnc1[N+](=O)[O-]. The maximum Gasteiger partial charge on any atom is 0.434 e. The summed E-state index contributed by atoms with van der Waals surface area (Å²) >= 11 is 0. The lowest BCUT2D eigenvalue weighted by molar-refractivity contribution is -0.397. The Morgan fingerprint density at radius 2 is 2.25 bits per heavy atom. The monoisotopic (exact) mass is 292 g/mol. The van der Waals surface area contributed by atoms with Crippen LogP contribution in [0.3, 0.4) is 0 Å². The zero-order valence-electron chi connectivity index (χ0n) is 10.1. The molecule has 1 aromatic rings. The fraction of sp³-hybridized carbons (Fsp3) is 0.444. The van der Waals surface area contributed by atoms with Gasteiger partial charge in [0.2, 0.25) is 0 Å². The third kappa shape index (κ3) is 3.54. The van der Waals surface area contributed by atoms with Crippen LogP contribution in [0.1, 0.15) is 6.92 Å². The lowest BCUT2D eigenvalue weighted by atomic mass is 10.3. The third-order valence-corrected chi connectivity index (χ3v) is 2.17. The van der Waals surface area contributed by atoms with Crippen molar-refractivity contribution in [3.8, 4) is 0 Å². The summed E-state index contributed by atoms with van der Waals surface area (Å²) in [6.45, 7) is -0.371. The lowest BCUT2D eigenvalue weighted by Gasteiger charge is -2.15. The van der Waals surface area contributed by atoms with E-state index in [0.29, 0.717) is 4.57 Å². The number of carbonyl (C=O) groups is 2. The van der Waals surface area contributed by atoms with E-state index in [4.69, 9.17) is 5.11 Å². The minimum atomic E-state index is -4.09. The van der Waals surface area contributed by atoms with Gasteiger partial charge in [-0.1, -0.05) is 4.98 Å². The summed E-state index contributed by atoms with van der Waals surface area (Å²) in [7, 11) is 0. The number of imidazole rings is 1. The van der Waals surface area contributed by atoms with Crippen LogP contribution in [0.25, 0.3) is 0 Å². The summed E-state index contributed by atoms with van der Waals surface area (Å²) in [5, 5.41) is 20.6. The minimum absolute atomic E-state index is 0.465. The van der Waals surface area contributed by atoms with Gasteiger partial charge in [0.05, 0.1) is 0 Å². The first-order valence-corrected chi connectivity index (χ1v) is 5.22. The Balaban J connectivity index is 2.83. The second-order valence-electron chi connectivity index (χ2n) is 3.81. The summed E-state index contributed by atoms with van der Waals surface area (Å²) in [5.41, 5.74) is 0. The molecule has 2 amide bonds. The third-order valence-electron chi connectivity index (χ3n) is 2.17. The molecule has 0 aromatic carbocycles. The zero-order valence-corrected chi connectivity index (χ0v) is 10.1. The van der Waals surface area contributed by atoms with Gasteiger partial charge in [-0.3, -0.25) is 14.9 Å². The van der Waals surface area contributed by atoms with Gasteiger partial charge in [-0.05, 0) is 11.8 Å². The largest absolute Gasteiger partial charge is 0.434 e. The highest BCUT2D eigenvalue weighted by Gasteiger charge is 2.43. The van der Waals surface area contributed by atoms with Crippen LogP contribution < -0.4 is 5.32 Å². The average Bonchev–Trinajstić information content (AvgIpc) is 2.75. The molecule has 0 aliphatic rings. The van der Waals surface area contributed by atoms with Gasteiger partial charge in [0, 0.05) is 0 Å². The molecule has 0 saturated heterocycles. The number of aliphatic hydroxyl groups is 1. The summed E-state index contributed by atoms with van der Waals surface area (Å²) in [6, 6.07) is 0. The Morgan fingerprint density at radius 3 is 2.75 bits per heavy atom. The molecule has 0 radical (unpaired) electrons. The highest BCUT2D eigenvalue weighted by molar-refractivity contribution is 6.00. The highest BCUT2D eigenvalue weighted by atomic mass is 19.3. The average molecular weight is 292 g/mol. The van der Waals surface area contributed by atoms with Crippen LogP contribution in [0.4, 0.5) is 14.7 Å². The molecule has 1 atom stereocenters. The van der Waals surface area contributed by atoms with Gasteiger partial charge in [0.15, 0.2) is 0 Å². The molecule has 110 valence electrons. The van der Waals surface area contributed by atoms with E-state index in [1.54, 1.807) is 0 Å². The number of aliphatic hydroxyl groups excluding tert-OH is 1. The van der Waals surface area contributed by atoms with Gasteiger partial charge in [-0.15, -0.1) is 0 Å². The fourth-order valence-corrected chi connectivity index (χ4v) is 1.19. The van der Waals surface area contributed by atoms with Crippen LogP contribution in [-0.2, 0) is 16.1 Å². The molecule has 0 fully saturated rings. The molecular weight excluding hydrogens is 282 g/mol. The van der Waals surface area contributed by atoms with Crippen molar-refractivity contribution in [2.75, 3.05) is 0 Å². The van der Waals surface area contributed by atoms with Crippen LogP contribution in [0, 0.1) is 10.1 Å². The fourth-order valence-electron chi connectivity index (χ4n) is 1.19. The van der Waals surface area contributed by atoms with Crippen molar-refractivity contribution in [1.82, 2.24) is 14.9 Å². The number of rotatable bonds is 5. The lowest BCUT2D eigenvalue weighted by Crippen LogP contribution is -2.48. The molecule has 1 rings (SSSR count). The maximum absolute atomic E-state index is 13.5. The molecule has 0 aliphatic carbocycles. The summed E-state index contributed by atoms with van der Waals surface area (Å²) in [6.07, 6.45) is 0.181. The number of imide groups is 1. The van der Waals surface area contributed by atoms with Crippen LogP contribution in [-0.4, -0.2) is 43.4 Å². The van der Waals surface area contributed by atoms with Gasteiger partial charge in [0.25, 0.3) is 5.91 Å². The second kappa shape index (κ2) is 5.69. The number of aromatic nitrogens is 2. The van der Waals surface area contributed by atoms with E-state index in [-0.39, 0.29) is 0 Å². The molecule has 0 bridgehead atoms. The smallest absolute Gasteiger partial charge is 0.390 e.